The Morgan fingerprint density at radius 1 is 1.45 bits per heavy atom. The summed E-state index contributed by atoms with van der Waals surface area (Å²) in [6.07, 6.45) is 0. The molecule has 0 spiro atoms. The van der Waals surface area contributed by atoms with Crippen molar-refractivity contribution in [3.63, 3.8) is 0 Å². The fraction of sp³-hybridized carbons (Fsp3) is 0.400. The highest BCUT2D eigenvalue weighted by Crippen LogP contribution is 2.08. The van der Waals surface area contributed by atoms with Crippen molar-refractivity contribution < 1.29 is 4.74 Å². The van der Waals surface area contributed by atoms with E-state index >= 15 is 0 Å². The third-order valence-electron chi connectivity index (χ3n) is 1.21. The summed E-state index contributed by atoms with van der Waals surface area (Å²) in [6, 6.07) is 11.1. The van der Waals surface area contributed by atoms with E-state index in [1.807, 2.05) is 6.07 Å². The highest BCUT2D eigenvalue weighted by Gasteiger charge is 1.94. The van der Waals surface area contributed by atoms with Crippen LogP contribution in [0.25, 0.3) is 0 Å². The molecule has 1 nitrogen and oxygen atoms in total. The van der Waals surface area contributed by atoms with Gasteiger partial charge in [0, 0.05) is 0 Å². The molecular weight excluding hydrogens is 136 g/mol. The molecule has 0 N–H and O–H groups in total. The first-order valence-corrected chi connectivity index (χ1v) is 3.79. The molecule has 0 unspecified atom stereocenters. The average Bonchev–Trinajstić information content (AvgIpc) is 2.03. The Morgan fingerprint density at radius 2 is 2.27 bits per heavy atom. The van der Waals surface area contributed by atoms with Crippen LogP contribution in [0.1, 0.15) is 13.8 Å². The molecule has 1 rings (SSSR count). The van der Waals surface area contributed by atoms with Crippen molar-refractivity contribution >= 4 is 0 Å². The lowest BCUT2D eigenvalue weighted by molar-refractivity contribution is 0.271. The number of hydrogen-bond acceptors (Lipinski definition) is 1. The molecule has 0 amide bonds. The number of rotatable bonds is 3. The molecule has 0 aliphatic rings. The lowest BCUT2D eigenvalue weighted by Gasteiger charge is -2.07. The van der Waals surface area contributed by atoms with E-state index < -0.39 is 0 Å². The summed E-state index contributed by atoms with van der Waals surface area (Å²) >= 11 is 0. The van der Waals surface area contributed by atoms with Gasteiger partial charge in [0.05, 0.1) is 6.61 Å². The highest BCUT2D eigenvalue weighted by molar-refractivity contribution is 5.19. The number of benzene rings is 1. The minimum atomic E-state index is 0.569. The summed E-state index contributed by atoms with van der Waals surface area (Å²) in [6.45, 7) is 5.01. The molecule has 1 aromatic carbocycles. The number of hydrogen-bond donors (Lipinski definition) is 0. The lowest BCUT2D eigenvalue weighted by atomic mass is 10.2. The van der Waals surface area contributed by atoms with Gasteiger partial charge >= 0.3 is 0 Å². The molecule has 2 radical (unpaired) electrons. The molecule has 0 atom stereocenters. The van der Waals surface area contributed by atoms with Crippen LogP contribution in [0, 0.1) is 18.1 Å². The van der Waals surface area contributed by atoms with Gasteiger partial charge in [0.25, 0.3) is 0 Å². The maximum atomic E-state index is 5.42. The molecule has 0 saturated carbocycles. The van der Waals surface area contributed by atoms with Gasteiger partial charge < -0.3 is 4.74 Å². The standard InChI is InChI=1S/C10H12O/c1-9(2)8-11-10-6-4-3-5-7-10/h4,6-7,9H,8H2,1-2H3. The van der Waals surface area contributed by atoms with E-state index in [9.17, 15) is 0 Å². The molecule has 0 aliphatic heterocycles. The van der Waals surface area contributed by atoms with Crippen molar-refractivity contribution in [2.24, 2.45) is 5.92 Å². The summed E-state index contributed by atoms with van der Waals surface area (Å²) in [5.41, 5.74) is 0. The summed E-state index contributed by atoms with van der Waals surface area (Å²) in [7, 11) is 0. The fourth-order valence-electron chi connectivity index (χ4n) is 0.685. The maximum Gasteiger partial charge on any atom is 0.119 e. The second kappa shape index (κ2) is 4.02. The summed E-state index contributed by atoms with van der Waals surface area (Å²) in [4.78, 5) is 0. The zero-order chi connectivity index (χ0) is 8.10. The first-order chi connectivity index (χ1) is 5.29. The van der Waals surface area contributed by atoms with E-state index in [0.29, 0.717) is 5.92 Å². The van der Waals surface area contributed by atoms with Crippen LogP contribution in [-0.2, 0) is 0 Å². The van der Waals surface area contributed by atoms with Gasteiger partial charge in [-0.3, -0.25) is 0 Å². The van der Waals surface area contributed by atoms with Crippen molar-refractivity contribution in [2.45, 2.75) is 13.8 Å². The number of ether oxygens (including phenoxy) is 1. The van der Waals surface area contributed by atoms with Crippen molar-refractivity contribution in [3.8, 4) is 5.75 Å². The first kappa shape index (κ1) is 8.12. The van der Waals surface area contributed by atoms with Gasteiger partial charge in [-0.2, -0.15) is 0 Å². The monoisotopic (exact) mass is 148 g/mol. The van der Waals surface area contributed by atoms with Gasteiger partial charge in [-0.25, -0.2) is 0 Å². The topological polar surface area (TPSA) is 9.23 Å². The fourth-order valence-corrected chi connectivity index (χ4v) is 0.685. The quantitative estimate of drug-likeness (QED) is 0.639. The Labute approximate surface area is 68.0 Å². The molecule has 0 aliphatic carbocycles. The van der Waals surface area contributed by atoms with Crippen LogP contribution in [-0.4, -0.2) is 6.61 Å². The van der Waals surface area contributed by atoms with E-state index in [1.165, 1.54) is 0 Å². The summed E-state index contributed by atoms with van der Waals surface area (Å²) < 4.78 is 5.42. The van der Waals surface area contributed by atoms with Crippen molar-refractivity contribution in [1.82, 2.24) is 0 Å². The molecular formula is C10H12O. The normalized spacial score (nSPS) is 10.1. The third-order valence-corrected chi connectivity index (χ3v) is 1.21. The minimum Gasteiger partial charge on any atom is -0.493 e. The second-order valence-corrected chi connectivity index (χ2v) is 2.87. The molecule has 1 heteroatoms. The maximum absolute atomic E-state index is 5.42. The van der Waals surface area contributed by atoms with Crippen molar-refractivity contribution in [1.29, 1.82) is 0 Å². The Kier molecular flexibility index (Phi) is 2.96. The van der Waals surface area contributed by atoms with Crippen LogP contribution in [0.15, 0.2) is 18.2 Å². The van der Waals surface area contributed by atoms with Gasteiger partial charge in [-0.05, 0) is 30.2 Å². The van der Waals surface area contributed by atoms with E-state index in [4.69, 9.17) is 4.74 Å². The predicted octanol–water partition coefficient (Wildman–Crippen LogP) is 2.32. The van der Waals surface area contributed by atoms with Gasteiger partial charge in [0.2, 0.25) is 0 Å². The molecule has 0 bridgehead atoms. The molecule has 11 heavy (non-hydrogen) atoms. The minimum absolute atomic E-state index is 0.569. The van der Waals surface area contributed by atoms with Gasteiger partial charge in [0.15, 0.2) is 0 Å². The molecule has 0 aromatic heterocycles. The Hall–Kier alpha value is -0.980. The molecule has 0 heterocycles. The molecule has 58 valence electrons. The second-order valence-electron chi connectivity index (χ2n) is 2.87. The highest BCUT2D eigenvalue weighted by atomic mass is 16.5. The van der Waals surface area contributed by atoms with Crippen LogP contribution in [0.3, 0.4) is 0 Å². The summed E-state index contributed by atoms with van der Waals surface area (Å²) in [5.74, 6) is 1.44. The van der Waals surface area contributed by atoms with Gasteiger partial charge in [0.1, 0.15) is 5.75 Å². The van der Waals surface area contributed by atoms with Crippen LogP contribution in [0.5, 0.6) is 5.75 Å². The molecule has 1 aromatic rings. The predicted molar refractivity (Wildman–Crippen MR) is 44.4 cm³/mol. The van der Waals surface area contributed by atoms with Crippen LogP contribution >= 0.6 is 0 Å². The van der Waals surface area contributed by atoms with E-state index in [-0.39, 0.29) is 0 Å². The first-order valence-electron chi connectivity index (χ1n) is 3.79. The van der Waals surface area contributed by atoms with Crippen LogP contribution in [0.4, 0.5) is 0 Å². The largest absolute Gasteiger partial charge is 0.493 e. The SMILES string of the molecule is CC(C)COc1c[c][c]cc1. The van der Waals surface area contributed by atoms with E-state index in [1.54, 1.807) is 12.1 Å². The van der Waals surface area contributed by atoms with Crippen LogP contribution in [0.2, 0.25) is 0 Å². The van der Waals surface area contributed by atoms with E-state index in [0.717, 1.165) is 12.4 Å². The van der Waals surface area contributed by atoms with Crippen molar-refractivity contribution in [2.75, 3.05) is 6.61 Å². The Bertz CT molecular complexity index is 191. The van der Waals surface area contributed by atoms with Gasteiger partial charge in [-0.1, -0.05) is 19.9 Å². The smallest absolute Gasteiger partial charge is 0.119 e. The molecule has 0 saturated heterocycles. The zero-order valence-electron chi connectivity index (χ0n) is 6.92. The lowest BCUT2D eigenvalue weighted by Crippen LogP contribution is -2.03. The summed E-state index contributed by atoms with van der Waals surface area (Å²) in [5, 5.41) is 0. The van der Waals surface area contributed by atoms with Gasteiger partial charge in [-0.15, -0.1) is 0 Å². The average molecular weight is 148 g/mol. The van der Waals surface area contributed by atoms with Crippen molar-refractivity contribution in [3.05, 3.63) is 30.3 Å². The third kappa shape index (κ3) is 3.08. The zero-order valence-corrected chi connectivity index (χ0v) is 6.92. The Balaban J connectivity index is 2.39. The van der Waals surface area contributed by atoms with Crippen LogP contribution < -0.4 is 4.74 Å². The Morgan fingerprint density at radius 3 is 2.82 bits per heavy atom. The molecule has 0 fully saturated rings. The van der Waals surface area contributed by atoms with E-state index in [2.05, 4.69) is 26.0 Å².